The number of halogens is 3. The van der Waals surface area contributed by atoms with Crippen LogP contribution in [0.3, 0.4) is 0 Å². The van der Waals surface area contributed by atoms with E-state index >= 15 is 0 Å². The molecule has 184 valence electrons. The zero-order chi connectivity index (χ0) is 25.2. The molecular formula is C24H24F3N5O2S. The van der Waals surface area contributed by atoms with E-state index in [2.05, 4.69) is 15.3 Å². The molecule has 1 saturated heterocycles. The van der Waals surface area contributed by atoms with E-state index in [1.165, 1.54) is 18.0 Å². The van der Waals surface area contributed by atoms with Crippen molar-refractivity contribution < 1.29 is 23.1 Å². The van der Waals surface area contributed by atoms with E-state index in [1.54, 1.807) is 12.3 Å². The van der Waals surface area contributed by atoms with Crippen molar-refractivity contribution in [2.75, 3.05) is 18.4 Å². The molecule has 2 atom stereocenters. The van der Waals surface area contributed by atoms with Gasteiger partial charge in [-0.3, -0.25) is 9.78 Å². The predicted molar refractivity (Wildman–Crippen MR) is 128 cm³/mol. The zero-order valence-electron chi connectivity index (χ0n) is 18.8. The summed E-state index contributed by atoms with van der Waals surface area (Å²) in [4.78, 5) is 20.3. The molecule has 3 heterocycles. The van der Waals surface area contributed by atoms with Crippen molar-refractivity contribution in [1.82, 2.24) is 14.3 Å². The van der Waals surface area contributed by atoms with Gasteiger partial charge < -0.3 is 16.2 Å². The lowest BCUT2D eigenvalue weighted by Crippen LogP contribution is -2.47. The topological polar surface area (TPSA) is 104 Å². The lowest BCUT2D eigenvalue weighted by Gasteiger charge is -2.35. The molecule has 0 radical (unpaired) electrons. The molecule has 1 aliphatic rings. The van der Waals surface area contributed by atoms with Crippen LogP contribution in [0.2, 0.25) is 0 Å². The largest absolute Gasteiger partial charge is 0.417 e. The molecule has 0 saturated carbocycles. The number of primary amides is 1. The van der Waals surface area contributed by atoms with Gasteiger partial charge in [0.1, 0.15) is 11.5 Å². The minimum absolute atomic E-state index is 0.209. The Morgan fingerprint density at radius 1 is 1.17 bits per heavy atom. The number of nitrogens with zero attached hydrogens (tertiary/aromatic N) is 3. The van der Waals surface area contributed by atoms with E-state index < -0.39 is 23.8 Å². The summed E-state index contributed by atoms with van der Waals surface area (Å²) in [5, 5.41) is 13.6. The summed E-state index contributed by atoms with van der Waals surface area (Å²) in [7, 11) is 0. The van der Waals surface area contributed by atoms with Gasteiger partial charge in [-0.15, -0.1) is 0 Å². The number of benzene rings is 1. The Morgan fingerprint density at radius 2 is 1.91 bits per heavy atom. The number of nitrogens with one attached hydrogen (secondary N) is 1. The number of carbonyl (C=O) groups is 1. The molecule has 1 amide bonds. The number of aliphatic hydroxyl groups is 1. The van der Waals surface area contributed by atoms with E-state index in [0.29, 0.717) is 25.3 Å². The molecule has 0 spiro atoms. The third-order valence-corrected chi connectivity index (χ3v) is 6.80. The van der Waals surface area contributed by atoms with Crippen molar-refractivity contribution >= 4 is 23.7 Å². The first-order valence-electron chi connectivity index (χ1n) is 10.9. The number of anilines is 1. The highest BCUT2D eigenvalue weighted by Crippen LogP contribution is 2.31. The monoisotopic (exact) mass is 503 g/mol. The van der Waals surface area contributed by atoms with E-state index in [1.807, 2.05) is 35.5 Å². The summed E-state index contributed by atoms with van der Waals surface area (Å²) in [6.07, 6.45) is -2.15. The number of alkyl halides is 3. The SMILES string of the molecule is Cc1cnc(C(N)=O)cc1-c1ccc(SN2CCC(Nc3ccc(C(F)(F)F)cn3)C(O)C2)cc1. The fourth-order valence-corrected chi connectivity index (χ4v) is 4.78. The number of aryl methyl sites for hydroxylation is 1. The van der Waals surface area contributed by atoms with Gasteiger partial charge in [-0.2, -0.15) is 13.2 Å². The first-order chi connectivity index (χ1) is 16.6. The van der Waals surface area contributed by atoms with Gasteiger partial charge in [0.2, 0.25) is 0 Å². The quantitative estimate of drug-likeness (QED) is 0.435. The number of hydrogen-bond donors (Lipinski definition) is 3. The van der Waals surface area contributed by atoms with E-state index in [9.17, 15) is 23.1 Å². The first kappa shape index (κ1) is 25.0. The number of nitrogens with two attached hydrogens (primary N) is 1. The number of hydrogen-bond acceptors (Lipinski definition) is 7. The maximum atomic E-state index is 12.7. The van der Waals surface area contributed by atoms with Gasteiger partial charge >= 0.3 is 6.18 Å². The smallest absolute Gasteiger partial charge is 0.390 e. The number of aromatic nitrogens is 2. The standard InChI is InChI=1S/C24H24F3N5O2S/c1-14-11-29-20(23(28)34)10-18(14)15-2-5-17(6-3-15)35-32-9-8-19(21(33)13-32)31-22-7-4-16(12-30-22)24(25,26)27/h2-7,10-12,19,21,33H,8-9,13H2,1H3,(H2,28,34)(H,30,31). The maximum absolute atomic E-state index is 12.7. The number of amides is 1. The van der Waals surface area contributed by atoms with Crippen LogP contribution in [0.15, 0.2) is 59.8 Å². The van der Waals surface area contributed by atoms with Crippen LogP contribution in [0, 0.1) is 6.92 Å². The molecule has 35 heavy (non-hydrogen) atoms. The van der Waals surface area contributed by atoms with Crippen LogP contribution >= 0.6 is 11.9 Å². The number of rotatable bonds is 6. The average Bonchev–Trinajstić information content (AvgIpc) is 2.81. The van der Waals surface area contributed by atoms with E-state index in [-0.39, 0.29) is 11.7 Å². The summed E-state index contributed by atoms with van der Waals surface area (Å²) in [5.41, 5.74) is 7.48. The van der Waals surface area contributed by atoms with Crippen molar-refractivity contribution in [3.63, 3.8) is 0 Å². The summed E-state index contributed by atoms with van der Waals surface area (Å²) in [6.45, 7) is 2.97. The third-order valence-electron chi connectivity index (χ3n) is 5.72. The van der Waals surface area contributed by atoms with Gasteiger partial charge in [-0.1, -0.05) is 12.1 Å². The van der Waals surface area contributed by atoms with Crippen LogP contribution < -0.4 is 11.1 Å². The molecule has 4 N–H and O–H groups in total. The number of pyridine rings is 2. The number of piperidine rings is 1. The van der Waals surface area contributed by atoms with Gasteiger partial charge in [-0.05, 0) is 72.3 Å². The number of aliphatic hydroxyl groups excluding tert-OH is 1. The summed E-state index contributed by atoms with van der Waals surface area (Å²) in [6, 6.07) is 11.5. The van der Waals surface area contributed by atoms with Gasteiger partial charge in [0.25, 0.3) is 5.91 Å². The van der Waals surface area contributed by atoms with Crippen molar-refractivity contribution in [3.8, 4) is 11.1 Å². The molecule has 0 bridgehead atoms. The van der Waals surface area contributed by atoms with Gasteiger partial charge in [0, 0.05) is 30.4 Å². The van der Waals surface area contributed by atoms with Crippen molar-refractivity contribution in [2.45, 2.75) is 36.6 Å². The highest BCUT2D eigenvalue weighted by atomic mass is 32.2. The number of carbonyl (C=O) groups excluding carboxylic acids is 1. The molecule has 1 fully saturated rings. The molecule has 2 aromatic heterocycles. The Kier molecular flexibility index (Phi) is 7.29. The maximum Gasteiger partial charge on any atom is 0.417 e. The Bertz CT molecular complexity index is 1190. The van der Waals surface area contributed by atoms with E-state index in [4.69, 9.17) is 5.73 Å². The highest BCUT2D eigenvalue weighted by molar-refractivity contribution is 7.97. The molecule has 11 heteroatoms. The normalized spacial score (nSPS) is 18.9. The number of β-amino-alcohol motifs (C(OH)–C–C–N with tert-alkyl or cyclic N) is 1. The Labute approximate surface area is 204 Å². The van der Waals surface area contributed by atoms with Gasteiger partial charge in [0.05, 0.1) is 17.7 Å². The predicted octanol–water partition coefficient (Wildman–Crippen LogP) is 4.12. The highest BCUT2D eigenvalue weighted by Gasteiger charge is 2.31. The Balaban J connectivity index is 1.34. The molecule has 0 aliphatic carbocycles. The summed E-state index contributed by atoms with van der Waals surface area (Å²) >= 11 is 1.52. The zero-order valence-corrected chi connectivity index (χ0v) is 19.6. The van der Waals surface area contributed by atoms with Gasteiger partial charge in [-0.25, -0.2) is 9.29 Å². The summed E-state index contributed by atoms with van der Waals surface area (Å²) < 4.78 is 40.2. The van der Waals surface area contributed by atoms with Crippen LogP contribution in [-0.4, -0.2) is 50.5 Å². The average molecular weight is 504 g/mol. The molecule has 2 unspecified atom stereocenters. The minimum Gasteiger partial charge on any atom is -0.390 e. The van der Waals surface area contributed by atoms with Crippen LogP contribution in [0.1, 0.15) is 28.0 Å². The molecular weight excluding hydrogens is 479 g/mol. The molecule has 3 aromatic rings. The van der Waals surface area contributed by atoms with E-state index in [0.717, 1.165) is 33.8 Å². The van der Waals surface area contributed by atoms with Crippen LogP contribution in [0.5, 0.6) is 0 Å². The Hall–Kier alpha value is -3.15. The fraction of sp³-hybridized carbons (Fsp3) is 0.292. The lowest BCUT2D eigenvalue weighted by molar-refractivity contribution is -0.137. The summed E-state index contributed by atoms with van der Waals surface area (Å²) in [5.74, 6) is -0.284. The molecule has 7 nitrogen and oxygen atoms in total. The second kappa shape index (κ2) is 10.2. The lowest BCUT2D eigenvalue weighted by atomic mass is 10.0. The van der Waals surface area contributed by atoms with Crippen molar-refractivity contribution in [2.24, 2.45) is 5.73 Å². The molecule has 1 aromatic carbocycles. The van der Waals surface area contributed by atoms with Crippen molar-refractivity contribution in [1.29, 1.82) is 0 Å². The fourth-order valence-electron chi connectivity index (χ4n) is 3.80. The third kappa shape index (κ3) is 6.11. The second-order valence-electron chi connectivity index (χ2n) is 8.29. The first-order valence-corrected chi connectivity index (χ1v) is 11.6. The second-order valence-corrected chi connectivity index (χ2v) is 9.46. The van der Waals surface area contributed by atoms with Gasteiger partial charge in [0.15, 0.2) is 0 Å². The van der Waals surface area contributed by atoms with Crippen LogP contribution in [0.25, 0.3) is 11.1 Å². The minimum atomic E-state index is -4.44. The van der Waals surface area contributed by atoms with Crippen molar-refractivity contribution in [3.05, 3.63) is 71.7 Å². The van der Waals surface area contributed by atoms with Crippen LogP contribution in [-0.2, 0) is 6.18 Å². The Morgan fingerprint density at radius 3 is 2.51 bits per heavy atom. The molecule has 1 aliphatic heterocycles. The van der Waals surface area contributed by atoms with Crippen LogP contribution in [0.4, 0.5) is 19.0 Å². The molecule has 4 rings (SSSR count).